The number of carbonyl (C=O) groups is 1. The Bertz CT molecular complexity index is 140. The highest BCUT2D eigenvalue weighted by atomic mass is 16.6. The molecule has 1 aliphatic heterocycles. The molecule has 64 valence electrons. The number of hydrogen-bond donors (Lipinski definition) is 2. The van der Waals surface area contributed by atoms with Crippen molar-refractivity contribution in [2.45, 2.75) is 12.2 Å². The molecule has 1 rings (SSSR count). The van der Waals surface area contributed by atoms with Crippen molar-refractivity contribution in [3.05, 3.63) is 0 Å². The minimum Gasteiger partial charge on any atom is -0.479 e. The summed E-state index contributed by atoms with van der Waals surface area (Å²) in [5, 5.41) is 17.3. The van der Waals surface area contributed by atoms with Crippen LogP contribution in [0, 0.1) is 0 Å². The third-order valence-corrected chi connectivity index (χ3v) is 1.45. The molecule has 0 bridgehead atoms. The van der Waals surface area contributed by atoms with E-state index in [1.807, 2.05) is 0 Å². The first kappa shape index (κ1) is 8.45. The normalized spacial score (nSPS) is 27.9. The standard InChI is InChI=1S/C6H10O5/c7-5(6(8)9)4-3-10-1-2-11-4/h4-5,7H,1-3H2,(H,8,9). The van der Waals surface area contributed by atoms with Crippen LogP contribution < -0.4 is 0 Å². The Labute approximate surface area is 63.5 Å². The minimum absolute atomic E-state index is 0.146. The summed E-state index contributed by atoms with van der Waals surface area (Å²) >= 11 is 0. The average molecular weight is 162 g/mol. The third-order valence-electron chi connectivity index (χ3n) is 1.45. The number of aliphatic hydroxyl groups excluding tert-OH is 1. The maximum atomic E-state index is 10.2. The molecule has 1 heterocycles. The number of aliphatic carboxylic acids is 1. The Morgan fingerprint density at radius 2 is 2.27 bits per heavy atom. The molecule has 0 aromatic heterocycles. The summed E-state index contributed by atoms with van der Waals surface area (Å²) in [6, 6.07) is 0. The topological polar surface area (TPSA) is 76.0 Å². The molecular formula is C6H10O5. The Hall–Kier alpha value is -0.650. The lowest BCUT2D eigenvalue weighted by atomic mass is 10.2. The molecule has 1 fully saturated rings. The van der Waals surface area contributed by atoms with E-state index in [0.29, 0.717) is 13.2 Å². The van der Waals surface area contributed by atoms with Crippen molar-refractivity contribution >= 4 is 5.97 Å². The fraction of sp³-hybridized carbons (Fsp3) is 0.833. The van der Waals surface area contributed by atoms with E-state index in [2.05, 4.69) is 0 Å². The lowest BCUT2D eigenvalue weighted by molar-refractivity contribution is -0.170. The lowest BCUT2D eigenvalue weighted by Gasteiger charge is -2.24. The van der Waals surface area contributed by atoms with Crippen LogP contribution in [0.15, 0.2) is 0 Å². The second-order valence-electron chi connectivity index (χ2n) is 2.27. The van der Waals surface area contributed by atoms with Crippen molar-refractivity contribution in [2.24, 2.45) is 0 Å². The van der Waals surface area contributed by atoms with E-state index in [-0.39, 0.29) is 6.61 Å². The zero-order valence-electron chi connectivity index (χ0n) is 5.90. The van der Waals surface area contributed by atoms with Crippen LogP contribution in [0.4, 0.5) is 0 Å². The van der Waals surface area contributed by atoms with Crippen LogP contribution in [0.3, 0.4) is 0 Å². The zero-order chi connectivity index (χ0) is 8.27. The van der Waals surface area contributed by atoms with Gasteiger partial charge in [0.1, 0.15) is 6.10 Å². The molecular weight excluding hydrogens is 152 g/mol. The van der Waals surface area contributed by atoms with Gasteiger partial charge < -0.3 is 19.7 Å². The van der Waals surface area contributed by atoms with E-state index in [9.17, 15) is 4.79 Å². The van der Waals surface area contributed by atoms with Gasteiger partial charge in [0.05, 0.1) is 19.8 Å². The first-order valence-electron chi connectivity index (χ1n) is 3.32. The first-order chi connectivity index (χ1) is 5.22. The summed E-state index contributed by atoms with van der Waals surface area (Å²) in [5.41, 5.74) is 0. The molecule has 1 saturated heterocycles. The number of rotatable bonds is 2. The molecule has 2 N–H and O–H groups in total. The van der Waals surface area contributed by atoms with E-state index < -0.39 is 18.2 Å². The molecule has 5 nitrogen and oxygen atoms in total. The fourth-order valence-corrected chi connectivity index (χ4v) is 0.847. The Kier molecular flexibility index (Phi) is 2.81. The highest BCUT2D eigenvalue weighted by Gasteiger charge is 2.28. The predicted molar refractivity (Wildman–Crippen MR) is 34.2 cm³/mol. The molecule has 5 heteroatoms. The van der Waals surface area contributed by atoms with Gasteiger partial charge in [0.15, 0.2) is 6.10 Å². The zero-order valence-corrected chi connectivity index (χ0v) is 5.90. The van der Waals surface area contributed by atoms with E-state index in [4.69, 9.17) is 19.7 Å². The van der Waals surface area contributed by atoms with Gasteiger partial charge in [-0.25, -0.2) is 4.79 Å². The van der Waals surface area contributed by atoms with Crippen LogP contribution in [0.2, 0.25) is 0 Å². The molecule has 2 unspecified atom stereocenters. The van der Waals surface area contributed by atoms with E-state index in [0.717, 1.165) is 0 Å². The summed E-state index contributed by atoms with van der Waals surface area (Å²) in [6.45, 7) is 0.950. The van der Waals surface area contributed by atoms with Crippen molar-refractivity contribution in [3.8, 4) is 0 Å². The number of carboxylic acids is 1. The second kappa shape index (κ2) is 3.66. The second-order valence-corrected chi connectivity index (χ2v) is 2.27. The smallest absolute Gasteiger partial charge is 0.335 e. The van der Waals surface area contributed by atoms with E-state index >= 15 is 0 Å². The lowest BCUT2D eigenvalue weighted by Crippen LogP contribution is -2.42. The first-order valence-corrected chi connectivity index (χ1v) is 3.32. The molecule has 0 aromatic rings. The quantitative estimate of drug-likeness (QED) is 0.536. The van der Waals surface area contributed by atoms with Crippen molar-refractivity contribution in [2.75, 3.05) is 19.8 Å². The van der Waals surface area contributed by atoms with Gasteiger partial charge in [0.25, 0.3) is 0 Å². The van der Waals surface area contributed by atoms with Gasteiger partial charge in [-0.1, -0.05) is 0 Å². The molecule has 0 amide bonds. The molecule has 0 aliphatic carbocycles. The SMILES string of the molecule is O=C(O)C(O)C1COCCO1. The highest BCUT2D eigenvalue weighted by Crippen LogP contribution is 2.05. The Morgan fingerprint density at radius 1 is 1.55 bits per heavy atom. The summed E-state index contributed by atoms with van der Waals surface area (Å²) in [6.07, 6.45) is -2.20. The maximum Gasteiger partial charge on any atom is 0.335 e. The van der Waals surface area contributed by atoms with Gasteiger partial charge in [-0.3, -0.25) is 0 Å². The third kappa shape index (κ3) is 2.14. The highest BCUT2D eigenvalue weighted by molar-refractivity contribution is 5.72. The van der Waals surface area contributed by atoms with E-state index in [1.165, 1.54) is 0 Å². The summed E-state index contributed by atoms with van der Waals surface area (Å²) in [5.74, 6) is -1.28. The summed E-state index contributed by atoms with van der Waals surface area (Å²) in [7, 11) is 0. The van der Waals surface area contributed by atoms with Gasteiger partial charge in [-0.2, -0.15) is 0 Å². The van der Waals surface area contributed by atoms with Gasteiger partial charge in [-0.15, -0.1) is 0 Å². The van der Waals surface area contributed by atoms with Gasteiger partial charge >= 0.3 is 5.97 Å². The minimum atomic E-state index is -1.48. The largest absolute Gasteiger partial charge is 0.479 e. The van der Waals surface area contributed by atoms with Gasteiger partial charge in [-0.05, 0) is 0 Å². The van der Waals surface area contributed by atoms with E-state index in [1.54, 1.807) is 0 Å². The van der Waals surface area contributed by atoms with Crippen LogP contribution in [0.25, 0.3) is 0 Å². The summed E-state index contributed by atoms with van der Waals surface area (Å²) < 4.78 is 9.85. The van der Waals surface area contributed by atoms with Gasteiger partial charge in [0, 0.05) is 0 Å². The number of ether oxygens (including phenoxy) is 2. The van der Waals surface area contributed by atoms with Crippen LogP contribution >= 0.6 is 0 Å². The van der Waals surface area contributed by atoms with Crippen LogP contribution in [0.5, 0.6) is 0 Å². The fourth-order valence-electron chi connectivity index (χ4n) is 0.847. The predicted octanol–water partition coefficient (Wildman–Crippen LogP) is -1.15. The average Bonchev–Trinajstić information content (AvgIpc) is 2.05. The van der Waals surface area contributed by atoms with Gasteiger partial charge in [0.2, 0.25) is 0 Å². The van der Waals surface area contributed by atoms with Crippen LogP contribution in [0.1, 0.15) is 0 Å². The molecule has 0 radical (unpaired) electrons. The molecule has 1 aliphatic rings. The molecule has 0 aromatic carbocycles. The van der Waals surface area contributed by atoms with Crippen molar-refractivity contribution < 1.29 is 24.5 Å². The molecule has 11 heavy (non-hydrogen) atoms. The van der Waals surface area contributed by atoms with Crippen molar-refractivity contribution in [1.29, 1.82) is 0 Å². The number of aliphatic hydroxyl groups is 1. The molecule has 2 atom stereocenters. The molecule has 0 spiro atoms. The Balaban J connectivity index is 2.38. The number of hydrogen-bond acceptors (Lipinski definition) is 4. The summed E-state index contributed by atoms with van der Waals surface area (Å²) in [4.78, 5) is 10.2. The Morgan fingerprint density at radius 3 is 2.73 bits per heavy atom. The maximum absolute atomic E-state index is 10.2. The van der Waals surface area contributed by atoms with Crippen LogP contribution in [-0.2, 0) is 14.3 Å². The monoisotopic (exact) mass is 162 g/mol. The van der Waals surface area contributed by atoms with Crippen molar-refractivity contribution in [3.63, 3.8) is 0 Å². The number of carboxylic acid groups (broad SMARTS) is 1. The molecule has 0 saturated carbocycles. The van der Waals surface area contributed by atoms with Crippen LogP contribution in [-0.4, -0.2) is 48.2 Å². The van der Waals surface area contributed by atoms with Crippen molar-refractivity contribution in [1.82, 2.24) is 0 Å².